The zero-order valence-electron chi connectivity index (χ0n) is 14.9. The fourth-order valence-electron chi connectivity index (χ4n) is 2.97. The number of likely N-dealkylation sites (tertiary alicyclic amines) is 1. The molecule has 1 aliphatic heterocycles. The Bertz CT molecular complexity index is 781. The fourth-order valence-corrected chi connectivity index (χ4v) is 2.97. The minimum atomic E-state index is -0.156. The number of ether oxygens (including phenoxy) is 1. The topological polar surface area (TPSA) is 97.6 Å². The van der Waals surface area contributed by atoms with Crippen LogP contribution in [-0.4, -0.2) is 46.6 Å². The van der Waals surface area contributed by atoms with E-state index in [2.05, 4.69) is 15.5 Å². The Hall–Kier alpha value is -2.90. The molecule has 1 saturated heterocycles. The van der Waals surface area contributed by atoms with Gasteiger partial charge < -0.3 is 19.5 Å². The number of amides is 2. The van der Waals surface area contributed by atoms with Gasteiger partial charge in [0.05, 0.1) is 6.61 Å². The Morgan fingerprint density at radius 2 is 2.15 bits per heavy atom. The lowest BCUT2D eigenvalue weighted by Crippen LogP contribution is -2.41. The quantitative estimate of drug-likeness (QED) is 0.880. The predicted molar refractivity (Wildman–Crippen MR) is 93.9 cm³/mol. The molecule has 0 atom stereocenters. The molecule has 138 valence electrons. The van der Waals surface area contributed by atoms with Gasteiger partial charge in [0.25, 0.3) is 5.91 Å². The number of aromatic nitrogens is 2. The molecule has 1 N–H and O–H groups in total. The number of aryl methyl sites for hydroxylation is 1. The van der Waals surface area contributed by atoms with Crippen LogP contribution in [0.1, 0.15) is 35.9 Å². The Balaban J connectivity index is 1.58. The zero-order chi connectivity index (χ0) is 18.5. The van der Waals surface area contributed by atoms with Crippen molar-refractivity contribution >= 4 is 17.6 Å². The number of carbonyl (C=O) groups excluding carboxylic acids is 2. The van der Waals surface area contributed by atoms with Gasteiger partial charge in [-0.25, -0.2) is 4.98 Å². The highest BCUT2D eigenvalue weighted by Crippen LogP contribution is 2.23. The van der Waals surface area contributed by atoms with E-state index in [1.807, 2.05) is 6.92 Å². The predicted octanol–water partition coefficient (Wildman–Crippen LogP) is 2.27. The first-order valence-electron chi connectivity index (χ1n) is 8.69. The largest absolute Gasteiger partial charge is 0.477 e. The van der Waals surface area contributed by atoms with Gasteiger partial charge in [0.1, 0.15) is 11.3 Å². The lowest BCUT2D eigenvalue weighted by molar-refractivity contribution is -0.121. The van der Waals surface area contributed by atoms with Crippen LogP contribution in [0.5, 0.6) is 5.88 Å². The SMILES string of the molecule is CCOc1ncccc1C(=O)N1CCC(C(=O)Nc2cc(C)on2)CC1. The lowest BCUT2D eigenvalue weighted by atomic mass is 9.95. The van der Waals surface area contributed by atoms with Gasteiger partial charge in [-0.15, -0.1) is 0 Å². The molecule has 2 aromatic heterocycles. The molecule has 0 aliphatic carbocycles. The molecule has 3 rings (SSSR count). The summed E-state index contributed by atoms with van der Waals surface area (Å²) in [5, 5.41) is 6.53. The highest BCUT2D eigenvalue weighted by molar-refractivity contribution is 5.97. The first-order valence-corrected chi connectivity index (χ1v) is 8.69. The second-order valence-corrected chi connectivity index (χ2v) is 6.17. The van der Waals surface area contributed by atoms with Crippen LogP contribution in [0.15, 0.2) is 28.9 Å². The van der Waals surface area contributed by atoms with E-state index in [1.165, 1.54) is 0 Å². The van der Waals surface area contributed by atoms with Crippen molar-refractivity contribution in [1.82, 2.24) is 15.0 Å². The van der Waals surface area contributed by atoms with E-state index in [4.69, 9.17) is 9.26 Å². The van der Waals surface area contributed by atoms with Gasteiger partial charge in [-0.05, 0) is 38.8 Å². The summed E-state index contributed by atoms with van der Waals surface area (Å²) in [5.74, 6) is 1.04. The van der Waals surface area contributed by atoms with Crippen molar-refractivity contribution < 1.29 is 18.8 Å². The number of nitrogens with zero attached hydrogens (tertiary/aromatic N) is 3. The molecule has 0 saturated carbocycles. The third-order valence-corrected chi connectivity index (χ3v) is 4.31. The number of carbonyl (C=O) groups is 2. The Morgan fingerprint density at radius 3 is 2.81 bits per heavy atom. The second-order valence-electron chi connectivity index (χ2n) is 6.17. The lowest BCUT2D eigenvalue weighted by Gasteiger charge is -2.31. The number of anilines is 1. The van der Waals surface area contributed by atoms with Gasteiger partial charge in [0.2, 0.25) is 11.8 Å². The average molecular weight is 358 g/mol. The van der Waals surface area contributed by atoms with Crippen LogP contribution in [0.3, 0.4) is 0 Å². The van der Waals surface area contributed by atoms with Crippen LogP contribution in [0.25, 0.3) is 0 Å². The third kappa shape index (κ3) is 4.01. The van der Waals surface area contributed by atoms with Crippen LogP contribution in [-0.2, 0) is 4.79 Å². The van der Waals surface area contributed by atoms with E-state index >= 15 is 0 Å². The molecule has 1 fully saturated rings. The molecule has 26 heavy (non-hydrogen) atoms. The van der Waals surface area contributed by atoms with Crippen LogP contribution in [0, 0.1) is 12.8 Å². The summed E-state index contributed by atoms with van der Waals surface area (Å²) in [6, 6.07) is 5.11. The van der Waals surface area contributed by atoms with Gasteiger partial charge >= 0.3 is 0 Å². The summed E-state index contributed by atoms with van der Waals surface area (Å²) in [6.07, 6.45) is 2.79. The van der Waals surface area contributed by atoms with Crippen molar-refractivity contribution in [2.45, 2.75) is 26.7 Å². The molecule has 2 amide bonds. The number of rotatable bonds is 5. The number of nitrogens with one attached hydrogen (secondary N) is 1. The van der Waals surface area contributed by atoms with Crippen molar-refractivity contribution in [3.8, 4) is 5.88 Å². The molecule has 8 nitrogen and oxygen atoms in total. The fraction of sp³-hybridized carbons (Fsp3) is 0.444. The third-order valence-electron chi connectivity index (χ3n) is 4.31. The van der Waals surface area contributed by atoms with E-state index in [9.17, 15) is 9.59 Å². The first-order chi connectivity index (χ1) is 12.6. The van der Waals surface area contributed by atoms with E-state index in [0.717, 1.165) is 0 Å². The molecule has 8 heteroatoms. The van der Waals surface area contributed by atoms with Gasteiger partial charge in [0.15, 0.2) is 5.82 Å². The maximum Gasteiger partial charge on any atom is 0.259 e. The molecular weight excluding hydrogens is 336 g/mol. The molecule has 2 aromatic rings. The molecule has 0 spiro atoms. The van der Waals surface area contributed by atoms with Crippen molar-refractivity contribution in [2.24, 2.45) is 5.92 Å². The smallest absolute Gasteiger partial charge is 0.259 e. The molecule has 0 radical (unpaired) electrons. The van der Waals surface area contributed by atoms with Gasteiger partial charge in [0, 0.05) is 31.3 Å². The van der Waals surface area contributed by atoms with Crippen LogP contribution in [0.2, 0.25) is 0 Å². The van der Waals surface area contributed by atoms with Crippen LogP contribution in [0.4, 0.5) is 5.82 Å². The van der Waals surface area contributed by atoms with E-state index < -0.39 is 0 Å². The number of hydrogen-bond acceptors (Lipinski definition) is 6. The molecule has 0 unspecified atom stereocenters. The number of pyridine rings is 1. The summed E-state index contributed by atoms with van der Waals surface area (Å²) in [5.41, 5.74) is 0.454. The maximum absolute atomic E-state index is 12.7. The van der Waals surface area contributed by atoms with Crippen molar-refractivity contribution in [3.63, 3.8) is 0 Å². The molecule has 0 aromatic carbocycles. The zero-order valence-corrected chi connectivity index (χ0v) is 14.9. The van der Waals surface area contributed by atoms with Crippen molar-refractivity contribution in [2.75, 3.05) is 25.0 Å². The van der Waals surface area contributed by atoms with Gasteiger partial charge in [-0.2, -0.15) is 0 Å². The highest BCUT2D eigenvalue weighted by Gasteiger charge is 2.29. The minimum Gasteiger partial charge on any atom is -0.477 e. The minimum absolute atomic E-state index is 0.0956. The second kappa shape index (κ2) is 7.99. The van der Waals surface area contributed by atoms with E-state index in [0.29, 0.717) is 55.6 Å². The van der Waals surface area contributed by atoms with E-state index in [1.54, 1.807) is 36.2 Å². The first kappa shape index (κ1) is 17.9. The number of hydrogen-bond donors (Lipinski definition) is 1. The summed E-state index contributed by atoms with van der Waals surface area (Å²) in [4.78, 5) is 31.0. The van der Waals surface area contributed by atoms with Crippen LogP contribution >= 0.6 is 0 Å². The average Bonchev–Trinajstić information content (AvgIpc) is 3.07. The van der Waals surface area contributed by atoms with Crippen molar-refractivity contribution in [3.05, 3.63) is 35.7 Å². The highest BCUT2D eigenvalue weighted by atomic mass is 16.5. The summed E-state index contributed by atoms with van der Waals surface area (Å²) < 4.78 is 10.4. The summed E-state index contributed by atoms with van der Waals surface area (Å²) in [7, 11) is 0. The Labute approximate surface area is 151 Å². The van der Waals surface area contributed by atoms with Gasteiger partial charge in [-0.1, -0.05) is 5.16 Å². The molecule has 0 bridgehead atoms. The summed E-state index contributed by atoms with van der Waals surface area (Å²) in [6.45, 7) is 5.08. The van der Waals surface area contributed by atoms with E-state index in [-0.39, 0.29) is 17.7 Å². The van der Waals surface area contributed by atoms with Crippen LogP contribution < -0.4 is 10.1 Å². The Morgan fingerprint density at radius 1 is 1.38 bits per heavy atom. The maximum atomic E-state index is 12.7. The summed E-state index contributed by atoms with van der Waals surface area (Å²) >= 11 is 0. The molecular formula is C18H22N4O4. The number of piperidine rings is 1. The van der Waals surface area contributed by atoms with Gasteiger partial charge in [-0.3, -0.25) is 9.59 Å². The molecule has 1 aliphatic rings. The molecule has 3 heterocycles. The normalized spacial score (nSPS) is 14.9. The monoisotopic (exact) mass is 358 g/mol. The standard InChI is InChI=1S/C18H22N4O4/c1-3-25-17-14(5-4-8-19-17)18(24)22-9-6-13(7-10-22)16(23)20-15-11-12(2)26-21-15/h4-5,8,11,13H,3,6-7,9-10H2,1-2H3,(H,20,21,23). The van der Waals surface area contributed by atoms with Crippen molar-refractivity contribution in [1.29, 1.82) is 0 Å². The Kier molecular flexibility index (Phi) is 5.50.